The summed E-state index contributed by atoms with van der Waals surface area (Å²) in [6.45, 7) is 4.84. The highest BCUT2D eigenvalue weighted by Gasteiger charge is 2.17. The highest BCUT2D eigenvalue weighted by Crippen LogP contribution is 2.31. The monoisotopic (exact) mass is 347 g/mol. The lowest BCUT2D eigenvalue weighted by Gasteiger charge is -2.20. The average Bonchev–Trinajstić information content (AvgIpc) is 2.47. The SMILES string of the molecule is COc1cc(C)c(C)cc1C(CN)Cc1cccc(Br)c1. The third-order valence-electron chi connectivity index (χ3n) is 3.94. The van der Waals surface area contributed by atoms with Crippen molar-refractivity contribution < 1.29 is 4.74 Å². The molecule has 0 aliphatic rings. The fourth-order valence-corrected chi connectivity index (χ4v) is 3.02. The van der Waals surface area contributed by atoms with Gasteiger partial charge in [-0.05, 0) is 67.3 Å². The van der Waals surface area contributed by atoms with Crippen LogP contribution in [0.1, 0.15) is 28.2 Å². The molecular weight excluding hydrogens is 326 g/mol. The van der Waals surface area contributed by atoms with Gasteiger partial charge >= 0.3 is 0 Å². The first kappa shape index (κ1) is 16.1. The predicted molar refractivity (Wildman–Crippen MR) is 92.1 cm³/mol. The van der Waals surface area contributed by atoms with E-state index >= 15 is 0 Å². The Morgan fingerprint density at radius 2 is 1.86 bits per heavy atom. The van der Waals surface area contributed by atoms with Crippen LogP contribution in [0.3, 0.4) is 0 Å². The number of methoxy groups -OCH3 is 1. The van der Waals surface area contributed by atoms with Gasteiger partial charge in [-0.2, -0.15) is 0 Å². The zero-order valence-electron chi connectivity index (χ0n) is 12.8. The van der Waals surface area contributed by atoms with Gasteiger partial charge in [-0.25, -0.2) is 0 Å². The van der Waals surface area contributed by atoms with E-state index in [-0.39, 0.29) is 5.92 Å². The molecule has 0 fully saturated rings. The van der Waals surface area contributed by atoms with E-state index in [1.165, 1.54) is 22.3 Å². The second-order valence-corrected chi connectivity index (χ2v) is 6.36. The molecule has 2 aromatic carbocycles. The molecule has 2 N–H and O–H groups in total. The highest BCUT2D eigenvalue weighted by molar-refractivity contribution is 9.10. The van der Waals surface area contributed by atoms with Gasteiger partial charge in [-0.15, -0.1) is 0 Å². The summed E-state index contributed by atoms with van der Waals surface area (Å²) >= 11 is 3.52. The minimum absolute atomic E-state index is 0.258. The van der Waals surface area contributed by atoms with Crippen LogP contribution < -0.4 is 10.5 Å². The Morgan fingerprint density at radius 1 is 1.14 bits per heavy atom. The van der Waals surface area contributed by atoms with Crippen molar-refractivity contribution in [3.63, 3.8) is 0 Å². The van der Waals surface area contributed by atoms with Gasteiger partial charge in [0.1, 0.15) is 5.75 Å². The summed E-state index contributed by atoms with van der Waals surface area (Å²) in [5.41, 5.74) is 11.0. The Morgan fingerprint density at radius 3 is 2.48 bits per heavy atom. The van der Waals surface area contributed by atoms with Gasteiger partial charge in [0.2, 0.25) is 0 Å². The van der Waals surface area contributed by atoms with Gasteiger partial charge in [0.05, 0.1) is 7.11 Å². The van der Waals surface area contributed by atoms with Gasteiger partial charge < -0.3 is 10.5 Å². The molecule has 112 valence electrons. The molecule has 0 aliphatic carbocycles. The van der Waals surface area contributed by atoms with Gasteiger partial charge in [-0.1, -0.05) is 34.1 Å². The van der Waals surface area contributed by atoms with Crippen molar-refractivity contribution in [3.05, 3.63) is 63.1 Å². The normalized spacial score (nSPS) is 12.2. The molecule has 0 saturated carbocycles. The predicted octanol–water partition coefficient (Wildman–Crippen LogP) is 4.36. The number of hydrogen-bond donors (Lipinski definition) is 1. The highest BCUT2D eigenvalue weighted by atomic mass is 79.9. The second-order valence-electron chi connectivity index (χ2n) is 5.45. The van der Waals surface area contributed by atoms with E-state index in [1.807, 2.05) is 6.07 Å². The van der Waals surface area contributed by atoms with Crippen molar-refractivity contribution in [3.8, 4) is 5.75 Å². The van der Waals surface area contributed by atoms with Crippen molar-refractivity contribution >= 4 is 15.9 Å². The smallest absolute Gasteiger partial charge is 0.122 e. The summed E-state index contributed by atoms with van der Waals surface area (Å²) in [5, 5.41) is 0. The molecule has 0 amide bonds. The van der Waals surface area contributed by atoms with Crippen molar-refractivity contribution in [2.45, 2.75) is 26.2 Å². The molecule has 1 unspecified atom stereocenters. The Bertz CT molecular complexity index is 625. The quantitative estimate of drug-likeness (QED) is 0.871. The lowest BCUT2D eigenvalue weighted by atomic mass is 9.89. The first-order chi connectivity index (χ1) is 10.0. The van der Waals surface area contributed by atoms with Crippen LogP contribution in [-0.4, -0.2) is 13.7 Å². The van der Waals surface area contributed by atoms with Gasteiger partial charge in [0.15, 0.2) is 0 Å². The summed E-state index contributed by atoms with van der Waals surface area (Å²) in [4.78, 5) is 0. The standard InChI is InChI=1S/C18H22BrNO/c1-12-7-17(18(21-3)8-13(12)2)15(11-20)9-14-5-4-6-16(19)10-14/h4-8,10,15H,9,11,20H2,1-3H3. The van der Waals surface area contributed by atoms with Crippen LogP contribution in [0.2, 0.25) is 0 Å². The molecule has 0 aliphatic heterocycles. The molecule has 0 saturated heterocycles. The largest absolute Gasteiger partial charge is 0.496 e. The van der Waals surface area contributed by atoms with Crippen LogP contribution in [0.15, 0.2) is 40.9 Å². The van der Waals surface area contributed by atoms with E-state index in [0.717, 1.165) is 16.6 Å². The number of hydrogen-bond acceptors (Lipinski definition) is 2. The molecule has 21 heavy (non-hydrogen) atoms. The van der Waals surface area contributed by atoms with Crippen LogP contribution in [-0.2, 0) is 6.42 Å². The molecule has 2 rings (SSSR count). The maximum atomic E-state index is 6.04. The van der Waals surface area contributed by atoms with E-state index in [0.29, 0.717) is 6.54 Å². The number of rotatable bonds is 5. The fourth-order valence-electron chi connectivity index (χ4n) is 2.58. The fraction of sp³-hybridized carbons (Fsp3) is 0.333. The number of aryl methyl sites for hydroxylation is 2. The summed E-state index contributed by atoms with van der Waals surface area (Å²) in [6.07, 6.45) is 0.912. The minimum Gasteiger partial charge on any atom is -0.496 e. The summed E-state index contributed by atoms with van der Waals surface area (Å²) in [5.74, 6) is 1.19. The van der Waals surface area contributed by atoms with E-state index in [9.17, 15) is 0 Å². The van der Waals surface area contributed by atoms with Crippen molar-refractivity contribution in [2.24, 2.45) is 5.73 Å². The van der Waals surface area contributed by atoms with E-state index < -0.39 is 0 Å². The molecule has 0 radical (unpaired) electrons. The van der Waals surface area contributed by atoms with Crippen LogP contribution >= 0.6 is 15.9 Å². The lowest BCUT2D eigenvalue weighted by molar-refractivity contribution is 0.404. The average molecular weight is 348 g/mol. The number of nitrogens with two attached hydrogens (primary N) is 1. The molecule has 0 spiro atoms. The zero-order valence-corrected chi connectivity index (χ0v) is 14.4. The molecule has 0 aromatic heterocycles. The molecule has 2 aromatic rings. The summed E-state index contributed by atoms with van der Waals surface area (Å²) in [7, 11) is 1.72. The first-order valence-electron chi connectivity index (χ1n) is 7.14. The Balaban J connectivity index is 2.35. The molecule has 0 bridgehead atoms. The summed E-state index contributed by atoms with van der Waals surface area (Å²) in [6, 6.07) is 12.7. The maximum Gasteiger partial charge on any atom is 0.122 e. The lowest BCUT2D eigenvalue weighted by Crippen LogP contribution is -2.16. The van der Waals surface area contributed by atoms with Crippen LogP contribution in [0, 0.1) is 13.8 Å². The number of ether oxygens (including phenoxy) is 1. The second kappa shape index (κ2) is 7.10. The van der Waals surface area contributed by atoms with E-state index in [1.54, 1.807) is 7.11 Å². The summed E-state index contributed by atoms with van der Waals surface area (Å²) < 4.78 is 6.66. The molecule has 3 heteroatoms. The zero-order chi connectivity index (χ0) is 15.4. The minimum atomic E-state index is 0.258. The van der Waals surface area contributed by atoms with Crippen LogP contribution in [0.4, 0.5) is 0 Å². The van der Waals surface area contributed by atoms with Gasteiger partial charge in [-0.3, -0.25) is 0 Å². The molecule has 2 nitrogen and oxygen atoms in total. The van der Waals surface area contributed by atoms with Gasteiger partial charge in [0, 0.05) is 10.4 Å². The Hall–Kier alpha value is -1.32. The topological polar surface area (TPSA) is 35.2 Å². The molecule has 1 atom stereocenters. The van der Waals surface area contributed by atoms with Crippen molar-refractivity contribution in [2.75, 3.05) is 13.7 Å². The number of benzene rings is 2. The third kappa shape index (κ3) is 3.86. The Labute approximate surface area is 135 Å². The van der Waals surface area contributed by atoms with Crippen molar-refractivity contribution in [1.29, 1.82) is 0 Å². The van der Waals surface area contributed by atoms with Crippen molar-refractivity contribution in [1.82, 2.24) is 0 Å². The maximum absolute atomic E-state index is 6.04. The first-order valence-corrected chi connectivity index (χ1v) is 7.94. The van der Waals surface area contributed by atoms with Gasteiger partial charge in [0.25, 0.3) is 0 Å². The third-order valence-corrected chi connectivity index (χ3v) is 4.43. The van der Waals surface area contributed by atoms with E-state index in [2.05, 4.69) is 60.1 Å². The molecular formula is C18H22BrNO. The molecule has 0 heterocycles. The van der Waals surface area contributed by atoms with Crippen LogP contribution in [0.5, 0.6) is 5.75 Å². The van der Waals surface area contributed by atoms with Crippen LogP contribution in [0.25, 0.3) is 0 Å². The Kier molecular flexibility index (Phi) is 5.43. The number of halogens is 1. The van der Waals surface area contributed by atoms with E-state index in [4.69, 9.17) is 10.5 Å².